The number of thioether (sulfide) groups is 1. The van der Waals surface area contributed by atoms with Crippen LogP contribution in [0.2, 0.25) is 0 Å². The number of aromatic nitrogens is 2. The lowest BCUT2D eigenvalue weighted by Gasteiger charge is -2.08. The van der Waals surface area contributed by atoms with E-state index >= 15 is 0 Å². The highest BCUT2D eigenvalue weighted by Crippen LogP contribution is 2.34. The number of benzene rings is 1. The second-order valence-corrected chi connectivity index (χ2v) is 7.64. The maximum atomic E-state index is 12.5. The number of carbonyl (C=O) groups is 2. The fraction of sp³-hybridized carbons (Fsp3) is 0.111. The minimum atomic E-state index is -0.344. The van der Waals surface area contributed by atoms with Crippen LogP contribution in [-0.2, 0) is 11.3 Å². The largest absolute Gasteiger partial charge is 0.337 e. The Labute approximate surface area is 157 Å². The Balaban J connectivity index is 1.53. The summed E-state index contributed by atoms with van der Waals surface area (Å²) < 4.78 is 5.22. The van der Waals surface area contributed by atoms with E-state index in [0.717, 1.165) is 32.7 Å². The third-order valence-electron chi connectivity index (χ3n) is 3.73. The van der Waals surface area contributed by atoms with Crippen LogP contribution in [0.3, 0.4) is 0 Å². The first-order valence-electron chi connectivity index (χ1n) is 7.78. The monoisotopic (exact) mass is 383 g/mol. The molecule has 0 radical (unpaired) electrons. The van der Waals surface area contributed by atoms with Gasteiger partial charge in [0.1, 0.15) is 6.54 Å². The number of hydrogen-bond donors (Lipinski definition) is 0. The summed E-state index contributed by atoms with van der Waals surface area (Å²) in [6, 6.07) is 11.5. The summed E-state index contributed by atoms with van der Waals surface area (Å²) in [7, 11) is 0. The van der Waals surface area contributed by atoms with Crippen molar-refractivity contribution < 1.29 is 14.1 Å². The number of amides is 2. The van der Waals surface area contributed by atoms with Crippen LogP contribution in [0.15, 0.2) is 51.2 Å². The van der Waals surface area contributed by atoms with Crippen molar-refractivity contribution in [2.45, 2.75) is 13.5 Å². The molecule has 1 aromatic carbocycles. The average Bonchev–Trinajstić information content (AvgIpc) is 3.34. The zero-order valence-corrected chi connectivity index (χ0v) is 15.3. The molecule has 0 unspecified atom stereocenters. The highest BCUT2D eigenvalue weighted by molar-refractivity contribution is 8.18. The zero-order chi connectivity index (χ0) is 18.1. The SMILES string of the molecule is Cc1cccc(-c2noc(CN3C(=O)S/C(=C\c4cccs4)C3=O)n2)c1. The van der Waals surface area contributed by atoms with E-state index in [1.54, 1.807) is 6.08 Å². The summed E-state index contributed by atoms with van der Waals surface area (Å²) in [5.74, 6) is 0.315. The number of nitrogens with zero attached hydrogens (tertiary/aromatic N) is 3. The molecular weight excluding hydrogens is 370 g/mol. The highest BCUT2D eigenvalue weighted by Gasteiger charge is 2.36. The highest BCUT2D eigenvalue weighted by atomic mass is 32.2. The molecule has 1 saturated heterocycles. The van der Waals surface area contributed by atoms with E-state index in [0.29, 0.717) is 10.7 Å². The Hall–Kier alpha value is -2.71. The third kappa shape index (κ3) is 3.33. The molecule has 0 bridgehead atoms. The van der Waals surface area contributed by atoms with Crippen molar-refractivity contribution in [1.82, 2.24) is 15.0 Å². The van der Waals surface area contributed by atoms with E-state index in [9.17, 15) is 9.59 Å². The first-order valence-corrected chi connectivity index (χ1v) is 9.48. The summed E-state index contributed by atoms with van der Waals surface area (Å²) in [4.78, 5) is 31.4. The number of carbonyl (C=O) groups excluding carboxylic acids is 2. The molecule has 4 rings (SSSR count). The van der Waals surface area contributed by atoms with Gasteiger partial charge in [0.2, 0.25) is 11.7 Å². The number of hydrogen-bond acceptors (Lipinski definition) is 7. The van der Waals surface area contributed by atoms with Gasteiger partial charge in [0, 0.05) is 10.4 Å². The summed E-state index contributed by atoms with van der Waals surface area (Å²) in [6.07, 6.45) is 1.72. The second kappa shape index (κ2) is 6.89. The first kappa shape index (κ1) is 16.7. The third-order valence-corrected chi connectivity index (χ3v) is 5.45. The van der Waals surface area contributed by atoms with E-state index in [-0.39, 0.29) is 23.6 Å². The molecule has 2 amide bonds. The van der Waals surface area contributed by atoms with Gasteiger partial charge in [-0.2, -0.15) is 4.98 Å². The van der Waals surface area contributed by atoms with Crippen LogP contribution in [0, 0.1) is 6.92 Å². The molecule has 0 spiro atoms. The maximum Gasteiger partial charge on any atom is 0.294 e. The van der Waals surface area contributed by atoms with Gasteiger partial charge in [-0.25, -0.2) is 0 Å². The van der Waals surface area contributed by atoms with Gasteiger partial charge in [-0.1, -0.05) is 35.0 Å². The molecule has 0 aliphatic carbocycles. The molecular formula is C18H13N3O3S2. The molecule has 130 valence electrons. The van der Waals surface area contributed by atoms with Gasteiger partial charge in [0.25, 0.3) is 11.1 Å². The molecule has 0 atom stereocenters. The van der Waals surface area contributed by atoms with Gasteiger partial charge >= 0.3 is 0 Å². The standard InChI is InChI=1S/C18H13N3O3S2/c1-11-4-2-5-12(8-11)16-19-15(24-20-16)10-21-17(22)14(26-18(21)23)9-13-6-3-7-25-13/h2-9H,10H2,1H3/b14-9-. The Morgan fingerprint density at radius 1 is 1.23 bits per heavy atom. The maximum absolute atomic E-state index is 12.5. The van der Waals surface area contributed by atoms with Crippen LogP contribution < -0.4 is 0 Å². The predicted molar refractivity (Wildman–Crippen MR) is 100 cm³/mol. The average molecular weight is 383 g/mol. The van der Waals surface area contributed by atoms with Crippen LogP contribution in [0.1, 0.15) is 16.3 Å². The van der Waals surface area contributed by atoms with Crippen molar-refractivity contribution in [3.8, 4) is 11.4 Å². The molecule has 1 aliphatic heterocycles. The molecule has 3 heterocycles. The number of imide groups is 1. The Morgan fingerprint density at radius 3 is 2.88 bits per heavy atom. The van der Waals surface area contributed by atoms with Crippen molar-refractivity contribution in [3.63, 3.8) is 0 Å². The Kier molecular flexibility index (Phi) is 4.44. The Bertz CT molecular complexity index is 1010. The quantitative estimate of drug-likeness (QED) is 0.624. The zero-order valence-electron chi connectivity index (χ0n) is 13.7. The van der Waals surface area contributed by atoms with Crippen LogP contribution in [0.4, 0.5) is 4.79 Å². The molecule has 6 nitrogen and oxygen atoms in total. The summed E-state index contributed by atoms with van der Waals surface area (Å²) in [5, 5.41) is 5.52. The minimum absolute atomic E-state index is 0.0364. The first-order chi connectivity index (χ1) is 12.6. The van der Waals surface area contributed by atoms with E-state index in [1.807, 2.05) is 48.7 Å². The molecule has 2 aromatic heterocycles. The van der Waals surface area contributed by atoms with Crippen molar-refractivity contribution in [2.75, 3.05) is 0 Å². The fourth-order valence-corrected chi connectivity index (χ4v) is 4.06. The lowest BCUT2D eigenvalue weighted by Crippen LogP contribution is -2.27. The number of aryl methyl sites for hydroxylation is 1. The van der Waals surface area contributed by atoms with Gasteiger partial charge in [0.05, 0.1) is 4.91 Å². The molecule has 0 saturated carbocycles. The van der Waals surface area contributed by atoms with Crippen LogP contribution in [-0.4, -0.2) is 26.2 Å². The van der Waals surface area contributed by atoms with Crippen LogP contribution in [0.5, 0.6) is 0 Å². The molecule has 3 aromatic rings. The molecule has 1 fully saturated rings. The summed E-state index contributed by atoms with van der Waals surface area (Å²) in [6.45, 7) is 1.94. The van der Waals surface area contributed by atoms with Crippen molar-refractivity contribution in [2.24, 2.45) is 0 Å². The van der Waals surface area contributed by atoms with Crippen molar-refractivity contribution in [3.05, 3.63) is 63.0 Å². The lowest BCUT2D eigenvalue weighted by atomic mass is 10.1. The minimum Gasteiger partial charge on any atom is -0.337 e. The van der Waals surface area contributed by atoms with Crippen molar-refractivity contribution >= 4 is 40.3 Å². The second-order valence-electron chi connectivity index (χ2n) is 5.66. The lowest BCUT2D eigenvalue weighted by molar-refractivity contribution is -0.123. The van der Waals surface area contributed by atoms with Gasteiger partial charge in [-0.15, -0.1) is 11.3 Å². The topological polar surface area (TPSA) is 76.3 Å². The smallest absolute Gasteiger partial charge is 0.294 e. The van der Waals surface area contributed by atoms with E-state index in [4.69, 9.17) is 4.52 Å². The molecule has 0 N–H and O–H groups in total. The van der Waals surface area contributed by atoms with Gasteiger partial charge in [0.15, 0.2) is 0 Å². The van der Waals surface area contributed by atoms with Crippen LogP contribution in [0.25, 0.3) is 17.5 Å². The summed E-state index contributed by atoms with van der Waals surface area (Å²) >= 11 is 2.43. The fourth-order valence-electron chi connectivity index (χ4n) is 2.49. The number of rotatable bonds is 4. The summed E-state index contributed by atoms with van der Waals surface area (Å²) in [5.41, 5.74) is 1.91. The Morgan fingerprint density at radius 2 is 2.12 bits per heavy atom. The van der Waals surface area contributed by atoms with E-state index in [2.05, 4.69) is 10.1 Å². The van der Waals surface area contributed by atoms with Gasteiger partial charge in [-0.05, 0) is 42.3 Å². The van der Waals surface area contributed by atoms with Gasteiger partial charge in [-0.3, -0.25) is 14.5 Å². The van der Waals surface area contributed by atoms with Crippen molar-refractivity contribution in [1.29, 1.82) is 0 Å². The number of thiophene rings is 1. The molecule has 26 heavy (non-hydrogen) atoms. The van der Waals surface area contributed by atoms with Crippen LogP contribution >= 0.6 is 23.1 Å². The predicted octanol–water partition coefficient (Wildman–Crippen LogP) is 4.34. The van der Waals surface area contributed by atoms with Gasteiger partial charge < -0.3 is 4.52 Å². The van der Waals surface area contributed by atoms with E-state index in [1.165, 1.54) is 11.3 Å². The molecule has 8 heteroatoms. The normalized spacial score (nSPS) is 16.0. The molecule has 1 aliphatic rings. The van der Waals surface area contributed by atoms with E-state index < -0.39 is 0 Å².